The van der Waals surface area contributed by atoms with Crippen LogP contribution in [-0.2, 0) is 58.9 Å². The summed E-state index contributed by atoms with van der Waals surface area (Å²) in [5.74, 6) is -7.31. The van der Waals surface area contributed by atoms with Crippen molar-refractivity contribution in [2.24, 2.45) is 29.4 Å². The highest BCUT2D eigenvalue weighted by molar-refractivity contribution is 7.98. The van der Waals surface area contributed by atoms with E-state index in [1.165, 1.54) is 18.7 Å². The van der Waals surface area contributed by atoms with Gasteiger partial charge in [0, 0.05) is 50.6 Å². The van der Waals surface area contributed by atoms with E-state index in [2.05, 4.69) is 26.6 Å². The number of rotatable bonds is 23. The summed E-state index contributed by atoms with van der Waals surface area (Å²) >= 11 is 1.49. The molecule has 100 heavy (non-hydrogen) atoms. The number of aliphatic hydroxyl groups is 10. The second kappa shape index (κ2) is 46.1. The van der Waals surface area contributed by atoms with Gasteiger partial charge in [-0.15, -0.1) is 0 Å². The van der Waals surface area contributed by atoms with Crippen LogP contribution in [0.15, 0.2) is 103 Å². The Hall–Kier alpha value is -5.77. The number of thioether (sulfide) groups is 1. The number of aliphatic hydroxyl groups excluding tert-OH is 9. The molecule has 1 aromatic carbocycles. The molecule has 0 spiro atoms. The van der Waals surface area contributed by atoms with Gasteiger partial charge >= 0.3 is 5.97 Å². The van der Waals surface area contributed by atoms with Crippen molar-refractivity contribution in [1.29, 1.82) is 0 Å². The molecule has 4 rings (SSSR count). The second-order valence-corrected chi connectivity index (χ2v) is 27.7. The van der Waals surface area contributed by atoms with E-state index in [0.29, 0.717) is 18.6 Å². The molecule has 5 amide bonds. The second-order valence-electron chi connectivity index (χ2n) is 26.8. The van der Waals surface area contributed by atoms with Gasteiger partial charge in [0.05, 0.1) is 98.7 Å². The zero-order valence-electron chi connectivity index (χ0n) is 58.8. The van der Waals surface area contributed by atoms with Gasteiger partial charge in [0.15, 0.2) is 12.1 Å². The van der Waals surface area contributed by atoms with Gasteiger partial charge in [0.1, 0.15) is 30.3 Å². The number of cyclic esters (lactones) is 1. The number of carbonyl (C=O) groups excluding carboxylic acids is 6. The van der Waals surface area contributed by atoms with Crippen molar-refractivity contribution in [2.45, 2.75) is 241 Å². The molecule has 0 aliphatic carbocycles. The van der Waals surface area contributed by atoms with Crippen LogP contribution in [0.1, 0.15) is 124 Å². The molecule has 22 unspecified atom stereocenters. The third-order valence-electron chi connectivity index (χ3n) is 17.8. The number of benzene rings is 1. The van der Waals surface area contributed by atoms with Crippen molar-refractivity contribution in [3.8, 4) is 0 Å². The predicted octanol–water partition coefficient (Wildman–Crippen LogP) is 1.23. The van der Waals surface area contributed by atoms with E-state index in [9.17, 15) is 79.8 Å². The van der Waals surface area contributed by atoms with Crippen LogP contribution < -0.4 is 32.3 Å². The molecule has 2 fully saturated rings. The van der Waals surface area contributed by atoms with Crippen molar-refractivity contribution < 1.29 is 104 Å². The molecule has 3 heterocycles. The van der Waals surface area contributed by atoms with Crippen molar-refractivity contribution >= 4 is 47.8 Å². The summed E-state index contributed by atoms with van der Waals surface area (Å²) in [5, 5.41) is 125. The molecule has 0 radical (unpaired) electrons. The number of carbonyl (C=O) groups is 6. The lowest BCUT2D eigenvalue weighted by Gasteiger charge is -2.46. The first kappa shape index (κ1) is 86.6. The number of hydrogen-bond acceptors (Lipinski definition) is 23. The quantitative estimate of drug-likeness (QED) is 0.0416. The van der Waals surface area contributed by atoms with Crippen LogP contribution in [0.4, 0.5) is 0 Å². The summed E-state index contributed by atoms with van der Waals surface area (Å²) in [4.78, 5) is 79.7. The smallest absolute Gasteiger partial charge is 0.308 e. The number of nitrogens with one attached hydrogen (secondary N) is 5. The Morgan fingerprint density at radius 3 is 1.98 bits per heavy atom. The fourth-order valence-corrected chi connectivity index (χ4v) is 12.4. The van der Waals surface area contributed by atoms with Crippen molar-refractivity contribution in [2.75, 3.05) is 38.3 Å². The zero-order valence-corrected chi connectivity index (χ0v) is 59.6. The third-order valence-corrected chi connectivity index (χ3v) is 18.4. The normalized spacial score (nSPS) is 32.3. The van der Waals surface area contributed by atoms with Crippen LogP contribution in [0.25, 0.3) is 0 Å². The topological polar surface area (TPSA) is 437 Å². The highest BCUT2D eigenvalue weighted by atomic mass is 32.2. The summed E-state index contributed by atoms with van der Waals surface area (Å²) in [6, 6.07) is 4.78. The molecule has 0 saturated carbocycles. The zero-order chi connectivity index (χ0) is 73.9. The van der Waals surface area contributed by atoms with Gasteiger partial charge in [-0.2, -0.15) is 11.8 Å². The van der Waals surface area contributed by atoms with Gasteiger partial charge < -0.3 is 107 Å². The van der Waals surface area contributed by atoms with Crippen LogP contribution in [0.2, 0.25) is 0 Å². The number of allylic oxidation sites excluding steroid dienone is 10. The average molecular weight is 1430 g/mol. The van der Waals surface area contributed by atoms with Crippen LogP contribution in [0.3, 0.4) is 0 Å². The number of nitrogens with two attached hydrogens (primary N) is 1. The first-order valence-corrected chi connectivity index (χ1v) is 36.2. The lowest BCUT2D eigenvalue weighted by molar-refractivity contribution is -0.308. The Labute approximate surface area is 592 Å². The molecule has 2 bridgehead atoms. The lowest BCUT2D eigenvalue weighted by Crippen LogP contribution is -2.62. The first-order chi connectivity index (χ1) is 47.6. The Balaban J connectivity index is 1.54. The van der Waals surface area contributed by atoms with E-state index in [0.717, 1.165) is 18.4 Å². The maximum Gasteiger partial charge on any atom is 0.308 e. The monoisotopic (exact) mass is 1430 g/mol. The Kier molecular flexibility index (Phi) is 39.9. The molecule has 1 aromatic rings. The Morgan fingerprint density at radius 2 is 1.31 bits per heavy atom. The van der Waals surface area contributed by atoms with E-state index >= 15 is 0 Å². The molecular weight excluding hydrogens is 1320 g/mol. The van der Waals surface area contributed by atoms with E-state index in [4.69, 9.17) is 29.4 Å². The van der Waals surface area contributed by atoms with Gasteiger partial charge in [-0.1, -0.05) is 131 Å². The molecule has 22 atom stereocenters. The van der Waals surface area contributed by atoms with Crippen LogP contribution in [0.5, 0.6) is 0 Å². The standard InChI is InChI=1S/C72H114N6O21S/c1-44(2)35-55(77-68(91)54(76-43-79)29-34-100-7)69(92)78-56(36-49-24-20-18-21-25-49)67(90)74-30-32-95-33-31-75-70(93)62-59(85)42-72(94)41-58(84)57(83)28-27-50(80)37-51(81)38-52(82)39-61(86)96-47(5)46(4)64(87)45(3)23-19-16-14-12-10-8-9-11-13-15-17-22-26-53(40-60(62)99-72)98-71-66(89)63(73)65(88)48(6)97-71/h8-9,11,13-26,43-48,50-60,62-66,71,80-85,87-89,94H,10,12,27-42,73H2,1-7H3,(H,74,90)(H,75,93)(H,76,79)(H,77,91)(H,78,92). The first-order valence-electron chi connectivity index (χ1n) is 34.8. The molecule has 28 heteroatoms. The minimum atomic E-state index is -2.42. The maximum absolute atomic E-state index is 14.4. The molecule has 2 saturated heterocycles. The Bertz CT molecular complexity index is 2780. The van der Waals surface area contributed by atoms with Crippen LogP contribution in [0, 0.1) is 23.7 Å². The third kappa shape index (κ3) is 31.4. The van der Waals surface area contributed by atoms with Crippen LogP contribution in [-0.4, -0.2) is 241 Å². The summed E-state index contributed by atoms with van der Waals surface area (Å²) in [6.45, 7) is 10.2. The minimum absolute atomic E-state index is 0.0386. The summed E-state index contributed by atoms with van der Waals surface area (Å²) in [7, 11) is 0. The van der Waals surface area contributed by atoms with Gasteiger partial charge in [0.2, 0.25) is 30.0 Å². The summed E-state index contributed by atoms with van der Waals surface area (Å²) < 4.78 is 29.8. The number of ether oxygens (including phenoxy) is 5. The van der Waals surface area contributed by atoms with Gasteiger partial charge in [0.25, 0.3) is 0 Å². The molecule has 3 aliphatic rings. The molecule has 3 aliphatic heterocycles. The predicted molar refractivity (Wildman–Crippen MR) is 376 cm³/mol. The number of amides is 5. The Morgan fingerprint density at radius 1 is 0.700 bits per heavy atom. The van der Waals surface area contributed by atoms with Gasteiger partial charge in [-0.05, 0) is 88.7 Å². The summed E-state index contributed by atoms with van der Waals surface area (Å²) in [6.07, 6.45) is 4.37. The number of esters is 1. The lowest BCUT2D eigenvalue weighted by atomic mass is 9.82. The highest BCUT2D eigenvalue weighted by Gasteiger charge is 2.51. The summed E-state index contributed by atoms with van der Waals surface area (Å²) in [5.41, 5.74) is 6.93. The van der Waals surface area contributed by atoms with E-state index < -0.39 is 176 Å². The molecule has 27 nitrogen and oxygen atoms in total. The number of fused-ring (bicyclic) bond motifs is 2. The van der Waals surface area contributed by atoms with Gasteiger partial charge in [-0.25, -0.2) is 0 Å². The SMILES string of the molecule is CSCCC(NC=O)C(=O)NC(CC(C)C)C(=O)NC(Cc1ccccc1)C(=O)NCCOCCNC(=O)C1C(O)CC2(O)CC(O)C(O)CCC(O)CC(O)CC(O)CC(=O)OC(C)C(C)C(O)C(C)C=CC=CCCC=CC=CC=CC=CC(OC3OC(C)C(O)C(N)C3O)CC1O2. The molecule has 17 N–H and O–H groups in total. The van der Waals surface area contributed by atoms with E-state index in [1.54, 1.807) is 68.5 Å². The highest BCUT2D eigenvalue weighted by Crippen LogP contribution is 2.38. The fourth-order valence-electron chi connectivity index (χ4n) is 11.9. The largest absolute Gasteiger partial charge is 0.462 e. The minimum Gasteiger partial charge on any atom is -0.462 e. The molecule has 564 valence electrons. The van der Waals surface area contributed by atoms with Crippen LogP contribution >= 0.6 is 11.8 Å². The van der Waals surface area contributed by atoms with Crippen molar-refractivity contribution in [1.82, 2.24) is 26.6 Å². The average Bonchev–Trinajstić information content (AvgIpc) is 0.782. The number of hydrogen-bond donors (Lipinski definition) is 16. The van der Waals surface area contributed by atoms with Gasteiger partial charge in [-0.3, -0.25) is 28.8 Å². The van der Waals surface area contributed by atoms with Crippen molar-refractivity contribution in [3.05, 3.63) is 109 Å². The van der Waals surface area contributed by atoms with Crippen molar-refractivity contribution in [3.63, 3.8) is 0 Å². The fraction of sp³-hybridized carbons (Fsp3) is 0.667. The maximum atomic E-state index is 14.4. The van der Waals surface area contributed by atoms with E-state index in [-0.39, 0.29) is 83.1 Å². The molecular formula is C72H114N6O21S. The molecule has 0 aromatic heterocycles. The van der Waals surface area contributed by atoms with E-state index in [1.807, 2.05) is 75.6 Å².